The molecule has 0 aromatic carbocycles. The van der Waals surface area contributed by atoms with Crippen molar-refractivity contribution in [1.82, 2.24) is 10.2 Å². The molecule has 1 aliphatic heterocycles. The van der Waals surface area contributed by atoms with Crippen molar-refractivity contribution in [2.45, 2.75) is 32.7 Å². The smallest absolute Gasteiger partial charge is 0.323 e. The first kappa shape index (κ1) is 13.0. The summed E-state index contributed by atoms with van der Waals surface area (Å²) in [5, 5.41) is 11.9. The van der Waals surface area contributed by atoms with Gasteiger partial charge in [0.25, 0.3) is 0 Å². The summed E-state index contributed by atoms with van der Waals surface area (Å²) in [5.74, 6) is -0.639. The summed E-state index contributed by atoms with van der Waals surface area (Å²) in [6.07, 6.45) is 1.46. The predicted octanol–water partition coefficient (Wildman–Crippen LogP) is 0.308. The maximum Gasteiger partial charge on any atom is 0.323 e. The number of amides is 1. The number of carbonyl (C=O) groups excluding carboxylic acids is 1. The van der Waals surface area contributed by atoms with Gasteiger partial charge >= 0.3 is 5.97 Å². The summed E-state index contributed by atoms with van der Waals surface area (Å²) in [6, 6.07) is -0.0574. The van der Waals surface area contributed by atoms with E-state index in [4.69, 9.17) is 5.11 Å². The highest BCUT2D eigenvalue weighted by Gasteiger charge is 2.24. The molecule has 0 aromatic heterocycles. The van der Waals surface area contributed by atoms with E-state index in [2.05, 4.69) is 5.32 Å². The fourth-order valence-corrected chi connectivity index (χ4v) is 1.96. The second-order valence-corrected chi connectivity index (χ2v) is 4.57. The molecule has 16 heavy (non-hydrogen) atoms. The van der Waals surface area contributed by atoms with E-state index in [1.165, 1.54) is 4.90 Å². The molecule has 5 heteroatoms. The third-order valence-electron chi connectivity index (χ3n) is 2.87. The number of carbonyl (C=O) groups is 2. The molecule has 1 fully saturated rings. The van der Waals surface area contributed by atoms with Crippen LogP contribution in [0.4, 0.5) is 0 Å². The fourth-order valence-electron chi connectivity index (χ4n) is 1.96. The van der Waals surface area contributed by atoms with Crippen LogP contribution in [0.3, 0.4) is 0 Å². The van der Waals surface area contributed by atoms with Crippen molar-refractivity contribution in [2.24, 2.45) is 5.92 Å². The van der Waals surface area contributed by atoms with Crippen molar-refractivity contribution in [2.75, 3.05) is 19.6 Å². The second-order valence-electron chi connectivity index (χ2n) is 4.57. The summed E-state index contributed by atoms with van der Waals surface area (Å²) in [7, 11) is 0. The van der Waals surface area contributed by atoms with Crippen molar-refractivity contribution in [3.63, 3.8) is 0 Å². The lowest BCUT2D eigenvalue weighted by Gasteiger charge is -2.26. The summed E-state index contributed by atoms with van der Waals surface area (Å²) >= 11 is 0. The van der Waals surface area contributed by atoms with Crippen LogP contribution >= 0.6 is 0 Å². The monoisotopic (exact) mass is 228 g/mol. The predicted molar refractivity (Wildman–Crippen MR) is 60.1 cm³/mol. The highest BCUT2D eigenvalue weighted by Crippen LogP contribution is 2.14. The highest BCUT2D eigenvalue weighted by atomic mass is 16.4. The fraction of sp³-hybridized carbons (Fsp3) is 0.818. The summed E-state index contributed by atoms with van der Waals surface area (Å²) in [6.45, 7) is 5.31. The van der Waals surface area contributed by atoms with Crippen molar-refractivity contribution < 1.29 is 14.7 Å². The number of rotatable bonds is 5. The molecular weight excluding hydrogens is 208 g/mol. The number of aliphatic carboxylic acids is 1. The van der Waals surface area contributed by atoms with Crippen LogP contribution in [0, 0.1) is 5.92 Å². The largest absolute Gasteiger partial charge is 0.480 e. The lowest BCUT2D eigenvalue weighted by atomic mass is 10.0. The molecular formula is C11H20N2O3. The Morgan fingerprint density at radius 2 is 2.19 bits per heavy atom. The number of hydrogen-bond donors (Lipinski definition) is 2. The van der Waals surface area contributed by atoms with E-state index >= 15 is 0 Å². The minimum Gasteiger partial charge on any atom is -0.480 e. The minimum atomic E-state index is -0.952. The maximum atomic E-state index is 11.9. The van der Waals surface area contributed by atoms with E-state index in [1.807, 2.05) is 13.8 Å². The summed E-state index contributed by atoms with van der Waals surface area (Å²) in [4.78, 5) is 24.0. The molecule has 0 saturated carbocycles. The van der Waals surface area contributed by atoms with Gasteiger partial charge in [0.1, 0.15) is 6.54 Å². The number of carboxylic acids is 1. The molecule has 1 heterocycles. The molecule has 0 spiro atoms. The van der Waals surface area contributed by atoms with Gasteiger partial charge in [-0.1, -0.05) is 0 Å². The van der Waals surface area contributed by atoms with Gasteiger partial charge in [-0.2, -0.15) is 0 Å². The molecule has 1 unspecified atom stereocenters. The third-order valence-corrected chi connectivity index (χ3v) is 2.87. The Bertz CT molecular complexity index is 260. The van der Waals surface area contributed by atoms with Crippen LogP contribution < -0.4 is 5.32 Å². The number of hydrogen-bond acceptors (Lipinski definition) is 3. The van der Waals surface area contributed by atoms with Gasteiger partial charge in [-0.05, 0) is 39.3 Å². The first-order chi connectivity index (χ1) is 7.50. The molecule has 92 valence electrons. The van der Waals surface area contributed by atoms with Gasteiger partial charge < -0.3 is 15.3 Å². The Morgan fingerprint density at radius 3 is 2.62 bits per heavy atom. The van der Waals surface area contributed by atoms with Gasteiger partial charge in [0, 0.05) is 12.5 Å². The zero-order chi connectivity index (χ0) is 12.1. The Kier molecular flexibility index (Phi) is 4.73. The SMILES string of the molecule is CC(C)N(CC(=O)O)C(=O)CC1CCNC1. The average molecular weight is 228 g/mol. The van der Waals surface area contributed by atoms with Crippen LogP contribution in [-0.4, -0.2) is 47.6 Å². The van der Waals surface area contributed by atoms with Gasteiger partial charge in [-0.3, -0.25) is 9.59 Å². The van der Waals surface area contributed by atoms with E-state index in [-0.39, 0.29) is 18.5 Å². The Hall–Kier alpha value is -1.10. The van der Waals surface area contributed by atoms with Gasteiger partial charge in [0.15, 0.2) is 0 Å². The standard InChI is InChI=1S/C11H20N2O3/c1-8(2)13(7-11(15)16)10(14)5-9-3-4-12-6-9/h8-9,12H,3-7H2,1-2H3,(H,15,16). The first-order valence-electron chi connectivity index (χ1n) is 5.72. The molecule has 1 rings (SSSR count). The normalized spacial score (nSPS) is 20.1. The molecule has 5 nitrogen and oxygen atoms in total. The van der Waals surface area contributed by atoms with Crippen LogP contribution in [0.15, 0.2) is 0 Å². The minimum absolute atomic E-state index is 0.0499. The quantitative estimate of drug-likeness (QED) is 0.710. The van der Waals surface area contributed by atoms with E-state index < -0.39 is 5.97 Å². The molecule has 1 amide bonds. The van der Waals surface area contributed by atoms with Crippen LogP contribution in [0.2, 0.25) is 0 Å². The number of carboxylic acid groups (broad SMARTS) is 1. The molecule has 0 radical (unpaired) electrons. The van der Waals surface area contributed by atoms with Crippen molar-refractivity contribution >= 4 is 11.9 Å². The Morgan fingerprint density at radius 1 is 1.50 bits per heavy atom. The maximum absolute atomic E-state index is 11.9. The second kappa shape index (κ2) is 5.84. The van der Waals surface area contributed by atoms with Crippen LogP contribution in [0.5, 0.6) is 0 Å². The van der Waals surface area contributed by atoms with Gasteiger partial charge in [-0.15, -0.1) is 0 Å². The number of nitrogens with zero attached hydrogens (tertiary/aromatic N) is 1. The Balaban J connectivity index is 2.49. The lowest BCUT2D eigenvalue weighted by molar-refractivity contribution is -0.146. The molecule has 0 bridgehead atoms. The molecule has 1 atom stereocenters. The number of nitrogens with one attached hydrogen (secondary N) is 1. The van der Waals surface area contributed by atoms with Crippen LogP contribution in [0.25, 0.3) is 0 Å². The van der Waals surface area contributed by atoms with Gasteiger partial charge in [0.2, 0.25) is 5.91 Å². The molecule has 1 aliphatic rings. The van der Waals surface area contributed by atoms with E-state index in [0.717, 1.165) is 19.5 Å². The molecule has 1 saturated heterocycles. The van der Waals surface area contributed by atoms with E-state index in [1.54, 1.807) is 0 Å². The van der Waals surface area contributed by atoms with E-state index in [9.17, 15) is 9.59 Å². The van der Waals surface area contributed by atoms with Crippen molar-refractivity contribution in [1.29, 1.82) is 0 Å². The van der Waals surface area contributed by atoms with Crippen molar-refractivity contribution in [3.8, 4) is 0 Å². The summed E-state index contributed by atoms with van der Waals surface area (Å²) in [5.41, 5.74) is 0. The van der Waals surface area contributed by atoms with Crippen molar-refractivity contribution in [3.05, 3.63) is 0 Å². The molecule has 2 N–H and O–H groups in total. The van der Waals surface area contributed by atoms with Crippen LogP contribution in [0.1, 0.15) is 26.7 Å². The summed E-state index contributed by atoms with van der Waals surface area (Å²) < 4.78 is 0. The zero-order valence-electron chi connectivity index (χ0n) is 9.90. The lowest BCUT2D eigenvalue weighted by Crippen LogP contribution is -2.41. The topological polar surface area (TPSA) is 69.6 Å². The molecule has 0 aliphatic carbocycles. The van der Waals surface area contributed by atoms with Gasteiger partial charge in [0.05, 0.1) is 0 Å². The highest BCUT2D eigenvalue weighted by molar-refractivity contribution is 5.81. The van der Waals surface area contributed by atoms with E-state index in [0.29, 0.717) is 12.3 Å². The third kappa shape index (κ3) is 3.81. The van der Waals surface area contributed by atoms with Crippen LogP contribution in [-0.2, 0) is 9.59 Å². The van der Waals surface area contributed by atoms with Gasteiger partial charge in [-0.25, -0.2) is 0 Å². The molecule has 0 aromatic rings. The zero-order valence-corrected chi connectivity index (χ0v) is 9.90. The first-order valence-corrected chi connectivity index (χ1v) is 5.72. The Labute approximate surface area is 95.8 Å². The average Bonchev–Trinajstić information content (AvgIpc) is 2.65.